The van der Waals surface area contributed by atoms with Crippen LogP contribution >= 0.6 is 11.3 Å². The number of aromatic amines is 1. The number of rotatable bonds is 2. The lowest BCUT2D eigenvalue weighted by atomic mass is 10.0. The number of phenolic OH excluding ortho intramolecular Hbond substituents is 2. The summed E-state index contributed by atoms with van der Waals surface area (Å²) < 4.78 is 0. The number of thiophene rings is 1. The maximum absolute atomic E-state index is 12.4. The van der Waals surface area contributed by atoms with Crippen LogP contribution in [0.3, 0.4) is 0 Å². The highest BCUT2D eigenvalue weighted by Crippen LogP contribution is 2.41. The van der Waals surface area contributed by atoms with E-state index in [-0.39, 0.29) is 22.8 Å². The summed E-state index contributed by atoms with van der Waals surface area (Å²) >= 11 is 1.33. The van der Waals surface area contributed by atoms with Crippen molar-refractivity contribution in [3.8, 4) is 39.5 Å². The molecule has 0 aliphatic carbocycles. The van der Waals surface area contributed by atoms with Crippen molar-refractivity contribution in [1.29, 1.82) is 0 Å². The molecule has 0 radical (unpaired) electrons. The molecular weight excluding hydrogens is 338 g/mol. The van der Waals surface area contributed by atoms with Gasteiger partial charge >= 0.3 is 0 Å². The van der Waals surface area contributed by atoms with Gasteiger partial charge in [-0.2, -0.15) is 0 Å². The number of hydrogen-bond donors (Lipinski definition) is 4. The Morgan fingerprint density at radius 2 is 1.36 bits per heavy atom. The molecule has 124 valence electrons. The number of H-pyrrole nitrogens is 1. The van der Waals surface area contributed by atoms with Crippen LogP contribution in [-0.2, 0) is 0 Å². The third-order valence-electron chi connectivity index (χ3n) is 4.05. The number of hydrogen-bond acceptors (Lipinski definition) is 5. The fraction of sp³-hybridized carbons (Fsp3) is 0. The number of pyridine rings is 1. The number of phenols is 2. The molecule has 2 aromatic carbocycles. The average molecular weight is 351 g/mol. The molecule has 0 fully saturated rings. The Hall–Kier alpha value is -3.25. The molecule has 0 spiro atoms. The minimum absolute atomic E-state index is 0.0843. The van der Waals surface area contributed by atoms with Crippen LogP contribution in [0.25, 0.3) is 32.5 Å². The highest BCUT2D eigenvalue weighted by molar-refractivity contribution is 7.17. The summed E-state index contributed by atoms with van der Waals surface area (Å²) in [6, 6.07) is 12.7. The first-order valence-corrected chi connectivity index (χ1v) is 8.38. The fourth-order valence-corrected chi connectivity index (χ4v) is 3.80. The SMILES string of the molecule is O=c1[nH]c2scc(-c3ccc(O)cc3)c2c(O)c1-c1ccc(O)cc1. The van der Waals surface area contributed by atoms with Gasteiger partial charge in [0.2, 0.25) is 0 Å². The predicted octanol–water partition coefficient (Wildman–Crippen LogP) is 4.04. The number of nitrogens with one attached hydrogen (secondary N) is 1. The number of benzene rings is 2. The Labute approximate surface area is 146 Å². The Balaban J connectivity index is 2.00. The van der Waals surface area contributed by atoms with E-state index in [0.29, 0.717) is 15.8 Å². The molecule has 0 saturated heterocycles. The van der Waals surface area contributed by atoms with E-state index in [4.69, 9.17) is 0 Å². The van der Waals surface area contributed by atoms with Gasteiger partial charge in [0.25, 0.3) is 5.56 Å². The molecular formula is C19H13NO4S. The smallest absolute Gasteiger partial charge is 0.260 e. The van der Waals surface area contributed by atoms with E-state index in [0.717, 1.165) is 11.1 Å². The molecule has 6 heteroatoms. The molecule has 25 heavy (non-hydrogen) atoms. The molecule has 0 atom stereocenters. The van der Waals surface area contributed by atoms with Crippen LogP contribution in [0.4, 0.5) is 0 Å². The van der Waals surface area contributed by atoms with Gasteiger partial charge < -0.3 is 20.3 Å². The van der Waals surface area contributed by atoms with E-state index in [1.165, 1.54) is 23.5 Å². The second-order valence-corrected chi connectivity index (χ2v) is 6.50. The van der Waals surface area contributed by atoms with Crippen molar-refractivity contribution in [3.63, 3.8) is 0 Å². The molecule has 2 aromatic heterocycles. The zero-order valence-electron chi connectivity index (χ0n) is 12.9. The molecule has 0 amide bonds. The van der Waals surface area contributed by atoms with Gasteiger partial charge in [0.05, 0.1) is 10.9 Å². The summed E-state index contributed by atoms with van der Waals surface area (Å²) in [6.45, 7) is 0. The van der Waals surface area contributed by atoms with Gasteiger partial charge in [-0.15, -0.1) is 11.3 Å². The minimum atomic E-state index is -0.394. The Bertz CT molecular complexity index is 1130. The first-order valence-electron chi connectivity index (χ1n) is 7.50. The van der Waals surface area contributed by atoms with Crippen LogP contribution < -0.4 is 5.56 Å². The molecule has 2 heterocycles. The molecule has 0 bridgehead atoms. The standard InChI is InChI=1S/C19H13NO4S/c21-12-5-1-10(2-6-12)14-9-25-19-16(14)17(23)15(18(24)20-19)11-3-7-13(22)8-4-11/h1-9,21-22H,(H2,20,23,24). The van der Waals surface area contributed by atoms with Crippen molar-refractivity contribution in [3.05, 3.63) is 64.3 Å². The minimum Gasteiger partial charge on any atom is -0.508 e. The Kier molecular flexibility index (Phi) is 3.47. The zero-order valence-corrected chi connectivity index (χ0v) is 13.7. The largest absolute Gasteiger partial charge is 0.508 e. The lowest BCUT2D eigenvalue weighted by molar-refractivity contribution is 0.474. The zero-order chi connectivity index (χ0) is 17.6. The van der Waals surface area contributed by atoms with Gasteiger partial charge in [-0.1, -0.05) is 24.3 Å². The quantitative estimate of drug-likeness (QED) is 0.438. The van der Waals surface area contributed by atoms with E-state index in [1.54, 1.807) is 36.4 Å². The molecule has 0 saturated carbocycles. The van der Waals surface area contributed by atoms with Crippen molar-refractivity contribution in [2.24, 2.45) is 0 Å². The third kappa shape index (κ3) is 2.53. The van der Waals surface area contributed by atoms with Gasteiger partial charge in [-0.3, -0.25) is 4.79 Å². The van der Waals surface area contributed by atoms with Gasteiger partial charge in [-0.25, -0.2) is 0 Å². The van der Waals surface area contributed by atoms with Crippen LogP contribution in [0, 0.1) is 0 Å². The summed E-state index contributed by atoms with van der Waals surface area (Å²) in [7, 11) is 0. The second-order valence-electron chi connectivity index (χ2n) is 5.62. The van der Waals surface area contributed by atoms with Gasteiger partial charge in [0.15, 0.2) is 0 Å². The molecule has 4 aromatic rings. The van der Waals surface area contributed by atoms with E-state index in [2.05, 4.69) is 4.98 Å². The van der Waals surface area contributed by atoms with Gasteiger partial charge in [0.1, 0.15) is 22.1 Å². The van der Waals surface area contributed by atoms with Crippen LogP contribution in [0.2, 0.25) is 0 Å². The van der Waals surface area contributed by atoms with Crippen LogP contribution in [0.15, 0.2) is 58.7 Å². The maximum atomic E-state index is 12.4. The molecule has 0 unspecified atom stereocenters. The van der Waals surface area contributed by atoms with E-state index in [1.807, 2.05) is 5.38 Å². The average Bonchev–Trinajstić information content (AvgIpc) is 3.01. The predicted molar refractivity (Wildman–Crippen MR) is 98.3 cm³/mol. The third-order valence-corrected chi connectivity index (χ3v) is 4.95. The van der Waals surface area contributed by atoms with Crippen molar-refractivity contribution in [1.82, 2.24) is 4.98 Å². The highest BCUT2D eigenvalue weighted by atomic mass is 32.1. The molecule has 0 aliphatic rings. The monoisotopic (exact) mass is 351 g/mol. The summed E-state index contributed by atoms with van der Waals surface area (Å²) in [4.78, 5) is 15.8. The summed E-state index contributed by atoms with van der Waals surface area (Å²) in [5, 5.41) is 32.1. The second kappa shape index (κ2) is 5.68. The van der Waals surface area contributed by atoms with Crippen molar-refractivity contribution in [2.45, 2.75) is 0 Å². The lowest BCUT2D eigenvalue weighted by Crippen LogP contribution is -2.08. The first kappa shape index (κ1) is 15.3. The van der Waals surface area contributed by atoms with E-state index < -0.39 is 5.56 Å². The molecule has 4 rings (SSSR count). The van der Waals surface area contributed by atoms with Crippen LogP contribution in [0.1, 0.15) is 0 Å². The van der Waals surface area contributed by atoms with Gasteiger partial charge in [0, 0.05) is 10.9 Å². The number of aromatic nitrogens is 1. The summed E-state index contributed by atoms with van der Waals surface area (Å²) in [5.41, 5.74) is 1.87. The number of fused-ring (bicyclic) bond motifs is 1. The summed E-state index contributed by atoms with van der Waals surface area (Å²) in [5.74, 6) is 0.139. The molecule has 0 aliphatic heterocycles. The van der Waals surface area contributed by atoms with Crippen molar-refractivity contribution < 1.29 is 15.3 Å². The van der Waals surface area contributed by atoms with Gasteiger partial charge in [-0.05, 0) is 35.4 Å². The maximum Gasteiger partial charge on any atom is 0.260 e. The molecule has 4 N–H and O–H groups in total. The van der Waals surface area contributed by atoms with Crippen molar-refractivity contribution in [2.75, 3.05) is 0 Å². The van der Waals surface area contributed by atoms with E-state index in [9.17, 15) is 20.1 Å². The normalized spacial score (nSPS) is 11.0. The lowest BCUT2D eigenvalue weighted by Gasteiger charge is -2.08. The van der Waals surface area contributed by atoms with E-state index >= 15 is 0 Å². The molecule has 5 nitrogen and oxygen atoms in total. The fourth-order valence-electron chi connectivity index (χ4n) is 2.83. The van der Waals surface area contributed by atoms with Crippen LogP contribution in [-0.4, -0.2) is 20.3 Å². The first-order chi connectivity index (χ1) is 12.0. The Morgan fingerprint density at radius 1 is 0.800 bits per heavy atom. The highest BCUT2D eigenvalue weighted by Gasteiger charge is 2.18. The topological polar surface area (TPSA) is 93.6 Å². The summed E-state index contributed by atoms with van der Waals surface area (Å²) in [6.07, 6.45) is 0. The van der Waals surface area contributed by atoms with Crippen molar-refractivity contribution >= 4 is 21.6 Å². The number of aromatic hydroxyl groups is 3. The Morgan fingerprint density at radius 3 is 1.96 bits per heavy atom. The van der Waals surface area contributed by atoms with Crippen LogP contribution in [0.5, 0.6) is 17.2 Å².